The maximum Gasteiger partial charge on any atom is 0.334 e. The lowest BCUT2D eigenvalue weighted by Crippen LogP contribution is -2.47. The fourth-order valence-electron chi connectivity index (χ4n) is 2.73. The van der Waals surface area contributed by atoms with Crippen LogP contribution in [-0.4, -0.2) is 62.6 Å². The van der Waals surface area contributed by atoms with Crippen molar-refractivity contribution in [3.63, 3.8) is 0 Å². The number of hydrogen-bond donors (Lipinski definition) is 2. The molecule has 0 aromatic heterocycles. The van der Waals surface area contributed by atoms with Crippen molar-refractivity contribution >= 4 is 21.9 Å². The summed E-state index contributed by atoms with van der Waals surface area (Å²) in [6, 6.07) is 8.08. The third-order valence-corrected chi connectivity index (χ3v) is 6.04. The molecule has 2 unspecified atom stereocenters. The first-order valence-electron chi connectivity index (χ1n) is 7.94. The van der Waals surface area contributed by atoms with Crippen LogP contribution in [0.25, 0.3) is 0 Å². The molecule has 138 valence electrons. The summed E-state index contributed by atoms with van der Waals surface area (Å²) in [6.45, 7) is 0.275. The van der Waals surface area contributed by atoms with E-state index in [2.05, 4.69) is 5.32 Å². The van der Waals surface area contributed by atoms with Crippen molar-refractivity contribution in [2.45, 2.75) is 23.8 Å². The lowest BCUT2D eigenvalue weighted by Gasteiger charge is -2.31. The number of benzene rings is 1. The molecule has 8 nitrogen and oxygen atoms in total. The zero-order valence-electron chi connectivity index (χ0n) is 13.9. The van der Waals surface area contributed by atoms with E-state index in [1.807, 2.05) is 0 Å². The summed E-state index contributed by atoms with van der Waals surface area (Å²) in [5, 5.41) is 11.4. The summed E-state index contributed by atoms with van der Waals surface area (Å²) in [5.74, 6) is -2.05. The van der Waals surface area contributed by atoms with Crippen molar-refractivity contribution in [1.82, 2.24) is 9.62 Å². The number of nitrogens with zero attached hydrogens (tertiary/aromatic N) is 1. The maximum absolute atomic E-state index is 12.7. The van der Waals surface area contributed by atoms with Gasteiger partial charge < -0.3 is 15.2 Å². The van der Waals surface area contributed by atoms with E-state index in [0.29, 0.717) is 19.4 Å². The second kappa shape index (κ2) is 8.41. The molecule has 0 bridgehead atoms. The third kappa shape index (κ3) is 4.77. The second-order valence-corrected chi connectivity index (χ2v) is 7.76. The number of sulfonamides is 1. The summed E-state index contributed by atoms with van der Waals surface area (Å²) in [6.07, 6.45) is -0.00886. The molecular weight excluding hydrogens is 348 g/mol. The molecule has 1 heterocycles. The van der Waals surface area contributed by atoms with Crippen LogP contribution in [0.3, 0.4) is 0 Å². The lowest BCUT2D eigenvalue weighted by molar-refractivity contribution is -0.148. The molecule has 1 saturated heterocycles. The zero-order valence-corrected chi connectivity index (χ0v) is 14.7. The molecule has 0 aliphatic carbocycles. The van der Waals surface area contributed by atoms with Gasteiger partial charge in [-0.2, -0.15) is 4.31 Å². The Morgan fingerprint density at radius 1 is 1.36 bits per heavy atom. The van der Waals surface area contributed by atoms with E-state index in [0.717, 1.165) is 0 Å². The summed E-state index contributed by atoms with van der Waals surface area (Å²) in [5.41, 5.74) is 0. The van der Waals surface area contributed by atoms with Crippen LogP contribution in [0.4, 0.5) is 0 Å². The highest BCUT2D eigenvalue weighted by Gasteiger charge is 2.33. The van der Waals surface area contributed by atoms with Crippen LogP contribution in [0.15, 0.2) is 35.2 Å². The largest absolute Gasteiger partial charge is 0.479 e. The Hall–Kier alpha value is -1.97. The van der Waals surface area contributed by atoms with E-state index >= 15 is 0 Å². The number of nitrogens with one attached hydrogen (secondary N) is 1. The Morgan fingerprint density at radius 2 is 2.04 bits per heavy atom. The van der Waals surface area contributed by atoms with Gasteiger partial charge in [0.2, 0.25) is 15.9 Å². The van der Waals surface area contributed by atoms with Crippen LogP contribution >= 0.6 is 0 Å². The summed E-state index contributed by atoms with van der Waals surface area (Å²) in [7, 11) is -2.39. The molecule has 25 heavy (non-hydrogen) atoms. The van der Waals surface area contributed by atoms with E-state index in [4.69, 9.17) is 9.84 Å². The van der Waals surface area contributed by atoms with Gasteiger partial charge in [-0.15, -0.1) is 0 Å². The van der Waals surface area contributed by atoms with E-state index in [1.165, 1.54) is 23.5 Å². The van der Waals surface area contributed by atoms with Gasteiger partial charge >= 0.3 is 5.97 Å². The van der Waals surface area contributed by atoms with Gasteiger partial charge in [0.05, 0.1) is 17.4 Å². The molecule has 1 aliphatic heterocycles. The predicted molar refractivity (Wildman–Crippen MR) is 89.4 cm³/mol. The minimum absolute atomic E-state index is 0.0772. The highest BCUT2D eigenvalue weighted by Crippen LogP contribution is 2.23. The number of carboxylic acids is 1. The Labute approximate surface area is 146 Å². The molecule has 1 aliphatic rings. The maximum atomic E-state index is 12.7. The van der Waals surface area contributed by atoms with Gasteiger partial charge in [-0.3, -0.25) is 4.79 Å². The quantitative estimate of drug-likeness (QED) is 0.714. The Balaban J connectivity index is 2.01. The third-order valence-electron chi connectivity index (χ3n) is 4.16. The van der Waals surface area contributed by atoms with E-state index in [1.54, 1.807) is 18.2 Å². The first-order chi connectivity index (χ1) is 11.9. The Morgan fingerprint density at radius 3 is 2.64 bits per heavy atom. The van der Waals surface area contributed by atoms with Crippen LogP contribution in [0.5, 0.6) is 0 Å². The van der Waals surface area contributed by atoms with Crippen molar-refractivity contribution < 1.29 is 27.9 Å². The van der Waals surface area contributed by atoms with Crippen LogP contribution < -0.4 is 5.32 Å². The summed E-state index contributed by atoms with van der Waals surface area (Å²) >= 11 is 0. The fraction of sp³-hybridized carbons (Fsp3) is 0.500. The molecule has 1 amide bonds. The average molecular weight is 370 g/mol. The topological polar surface area (TPSA) is 113 Å². The minimum atomic E-state index is -3.64. The molecule has 0 saturated carbocycles. The lowest BCUT2D eigenvalue weighted by atomic mass is 9.99. The van der Waals surface area contributed by atoms with Gasteiger partial charge in [0, 0.05) is 20.2 Å². The number of ether oxygens (including phenoxy) is 1. The number of rotatable bonds is 7. The normalized spacial score (nSPS) is 20.0. The molecule has 1 aromatic rings. The number of aliphatic carboxylic acids is 1. The van der Waals surface area contributed by atoms with Crippen LogP contribution in [0.1, 0.15) is 12.8 Å². The first-order valence-corrected chi connectivity index (χ1v) is 9.38. The Bertz CT molecular complexity index is 707. The first kappa shape index (κ1) is 19.4. The molecule has 0 spiro atoms. The van der Waals surface area contributed by atoms with Crippen molar-refractivity contribution in [2.24, 2.45) is 5.92 Å². The van der Waals surface area contributed by atoms with Gasteiger partial charge in [-0.05, 0) is 25.0 Å². The number of carboxylic acid groups (broad SMARTS) is 1. The molecule has 2 rings (SSSR count). The van der Waals surface area contributed by atoms with E-state index < -0.39 is 28.0 Å². The number of amides is 1. The zero-order chi connectivity index (χ0) is 18.4. The molecule has 1 fully saturated rings. The van der Waals surface area contributed by atoms with Crippen LogP contribution in [-0.2, 0) is 24.3 Å². The number of piperidine rings is 1. The van der Waals surface area contributed by atoms with Gasteiger partial charge in [-0.1, -0.05) is 18.2 Å². The number of carbonyl (C=O) groups excluding carboxylic acids is 1. The van der Waals surface area contributed by atoms with E-state index in [9.17, 15) is 18.0 Å². The smallest absolute Gasteiger partial charge is 0.334 e. The van der Waals surface area contributed by atoms with Crippen LogP contribution in [0, 0.1) is 5.92 Å². The monoisotopic (exact) mass is 370 g/mol. The SMILES string of the molecule is COC(CNC(=O)C1CCCN(S(=O)(=O)c2ccccc2)C1)C(=O)O. The molecule has 2 atom stereocenters. The molecule has 2 N–H and O–H groups in total. The molecule has 9 heteroatoms. The highest BCUT2D eigenvalue weighted by molar-refractivity contribution is 7.89. The standard InChI is InChI=1S/C16H22N2O6S/c1-24-14(16(20)21)10-17-15(19)12-6-5-9-18(11-12)25(22,23)13-7-3-2-4-8-13/h2-4,7-8,12,14H,5-6,9-11H2,1H3,(H,17,19)(H,20,21). The fourth-order valence-corrected chi connectivity index (χ4v) is 4.27. The van der Waals surface area contributed by atoms with Gasteiger partial charge in [0.1, 0.15) is 0 Å². The van der Waals surface area contributed by atoms with Gasteiger partial charge in [-0.25, -0.2) is 13.2 Å². The van der Waals surface area contributed by atoms with E-state index in [-0.39, 0.29) is 23.9 Å². The molecule has 1 aromatic carbocycles. The second-order valence-electron chi connectivity index (χ2n) is 5.82. The summed E-state index contributed by atoms with van der Waals surface area (Å²) in [4.78, 5) is 23.4. The molecule has 0 radical (unpaired) electrons. The van der Waals surface area contributed by atoms with Crippen molar-refractivity contribution in [1.29, 1.82) is 0 Å². The average Bonchev–Trinajstić information content (AvgIpc) is 2.62. The highest BCUT2D eigenvalue weighted by atomic mass is 32.2. The Kier molecular flexibility index (Phi) is 6.51. The van der Waals surface area contributed by atoms with Crippen molar-refractivity contribution in [3.8, 4) is 0 Å². The van der Waals surface area contributed by atoms with Gasteiger partial charge in [0.15, 0.2) is 6.10 Å². The van der Waals surface area contributed by atoms with Gasteiger partial charge in [0.25, 0.3) is 0 Å². The van der Waals surface area contributed by atoms with Crippen molar-refractivity contribution in [2.75, 3.05) is 26.7 Å². The number of hydrogen-bond acceptors (Lipinski definition) is 5. The summed E-state index contributed by atoms with van der Waals surface area (Å²) < 4.78 is 31.4. The predicted octanol–water partition coefficient (Wildman–Crippen LogP) is 0.303. The minimum Gasteiger partial charge on any atom is -0.479 e. The number of carbonyl (C=O) groups is 2. The number of methoxy groups -OCH3 is 1. The van der Waals surface area contributed by atoms with Crippen LogP contribution in [0.2, 0.25) is 0 Å². The molecular formula is C16H22N2O6S. The van der Waals surface area contributed by atoms with Crippen molar-refractivity contribution in [3.05, 3.63) is 30.3 Å².